The zero-order chi connectivity index (χ0) is 11.2. The highest BCUT2D eigenvalue weighted by molar-refractivity contribution is 5.07. The number of nitrogens with zero attached hydrogens (tertiary/aromatic N) is 2. The SMILES string of the molecule is CC1CC(CN)(N2CCCC2)CN1C1CC1. The first-order valence-corrected chi connectivity index (χ1v) is 6.96. The molecule has 1 aliphatic carbocycles. The Morgan fingerprint density at radius 1 is 1.25 bits per heavy atom. The molecule has 2 atom stereocenters. The van der Waals surface area contributed by atoms with E-state index in [2.05, 4.69) is 16.7 Å². The summed E-state index contributed by atoms with van der Waals surface area (Å²) in [4.78, 5) is 5.41. The van der Waals surface area contributed by atoms with Gasteiger partial charge < -0.3 is 5.73 Å². The number of rotatable bonds is 3. The second kappa shape index (κ2) is 3.97. The lowest BCUT2D eigenvalue weighted by Crippen LogP contribution is -2.54. The van der Waals surface area contributed by atoms with E-state index in [1.54, 1.807) is 0 Å². The normalized spacial score (nSPS) is 42.0. The average molecular weight is 223 g/mol. The van der Waals surface area contributed by atoms with Crippen molar-refractivity contribution in [3.8, 4) is 0 Å². The molecule has 2 N–H and O–H groups in total. The van der Waals surface area contributed by atoms with Crippen LogP contribution < -0.4 is 5.73 Å². The minimum Gasteiger partial charge on any atom is -0.329 e. The van der Waals surface area contributed by atoms with E-state index < -0.39 is 0 Å². The Hall–Kier alpha value is -0.120. The lowest BCUT2D eigenvalue weighted by molar-refractivity contribution is 0.126. The molecule has 2 heterocycles. The minimum absolute atomic E-state index is 0.318. The van der Waals surface area contributed by atoms with Gasteiger partial charge in [0.05, 0.1) is 0 Å². The summed E-state index contributed by atoms with van der Waals surface area (Å²) in [6.45, 7) is 7.03. The van der Waals surface area contributed by atoms with Crippen molar-refractivity contribution in [3.05, 3.63) is 0 Å². The van der Waals surface area contributed by atoms with Crippen LogP contribution in [0.2, 0.25) is 0 Å². The van der Waals surface area contributed by atoms with Gasteiger partial charge in [0.1, 0.15) is 0 Å². The van der Waals surface area contributed by atoms with Crippen LogP contribution in [0, 0.1) is 0 Å². The third-order valence-electron chi connectivity index (χ3n) is 4.89. The van der Waals surface area contributed by atoms with Crippen LogP contribution in [0.4, 0.5) is 0 Å². The van der Waals surface area contributed by atoms with Crippen molar-refractivity contribution in [1.82, 2.24) is 9.80 Å². The Morgan fingerprint density at radius 2 is 1.94 bits per heavy atom. The molecule has 0 radical (unpaired) electrons. The van der Waals surface area contributed by atoms with E-state index in [-0.39, 0.29) is 0 Å². The molecule has 92 valence electrons. The highest BCUT2D eigenvalue weighted by Crippen LogP contribution is 2.40. The Morgan fingerprint density at radius 3 is 2.50 bits per heavy atom. The minimum atomic E-state index is 0.318. The maximum Gasteiger partial charge on any atom is 0.0473 e. The molecule has 3 fully saturated rings. The summed E-state index contributed by atoms with van der Waals surface area (Å²) in [6, 6.07) is 1.64. The van der Waals surface area contributed by atoms with Gasteiger partial charge >= 0.3 is 0 Å². The van der Waals surface area contributed by atoms with Gasteiger partial charge in [-0.15, -0.1) is 0 Å². The predicted octanol–water partition coefficient (Wildman–Crippen LogP) is 1.04. The van der Waals surface area contributed by atoms with E-state index in [9.17, 15) is 0 Å². The molecule has 2 saturated heterocycles. The lowest BCUT2D eigenvalue weighted by Gasteiger charge is -2.38. The number of likely N-dealkylation sites (tertiary alicyclic amines) is 2. The highest BCUT2D eigenvalue weighted by atomic mass is 15.3. The molecular formula is C13H25N3. The molecule has 2 aliphatic heterocycles. The van der Waals surface area contributed by atoms with E-state index in [1.165, 1.54) is 51.7 Å². The standard InChI is InChI=1S/C13H25N3/c1-11-8-13(9-14,15-6-2-3-7-15)10-16(11)12-4-5-12/h11-12H,2-10,14H2,1H3. The molecule has 0 bridgehead atoms. The molecule has 2 unspecified atom stereocenters. The molecule has 0 aromatic rings. The van der Waals surface area contributed by atoms with E-state index >= 15 is 0 Å². The predicted molar refractivity (Wildman–Crippen MR) is 66.4 cm³/mol. The zero-order valence-electron chi connectivity index (χ0n) is 10.5. The molecule has 3 nitrogen and oxygen atoms in total. The summed E-state index contributed by atoms with van der Waals surface area (Å²) in [7, 11) is 0. The first kappa shape index (κ1) is 11.0. The Bertz CT molecular complexity index is 258. The Kier molecular flexibility index (Phi) is 2.73. The van der Waals surface area contributed by atoms with Gasteiger partial charge in [-0.05, 0) is 52.1 Å². The monoisotopic (exact) mass is 223 g/mol. The quantitative estimate of drug-likeness (QED) is 0.776. The molecule has 16 heavy (non-hydrogen) atoms. The van der Waals surface area contributed by atoms with E-state index in [1.807, 2.05) is 0 Å². The van der Waals surface area contributed by atoms with Gasteiger partial charge in [0.15, 0.2) is 0 Å². The van der Waals surface area contributed by atoms with Crippen molar-refractivity contribution in [2.45, 2.75) is 56.7 Å². The molecule has 0 aromatic carbocycles. The fraction of sp³-hybridized carbons (Fsp3) is 1.00. The van der Waals surface area contributed by atoms with Crippen LogP contribution in [0.25, 0.3) is 0 Å². The van der Waals surface area contributed by atoms with E-state index in [0.717, 1.165) is 18.6 Å². The topological polar surface area (TPSA) is 32.5 Å². The summed E-state index contributed by atoms with van der Waals surface area (Å²) in [5.41, 5.74) is 6.44. The van der Waals surface area contributed by atoms with Crippen LogP contribution in [0.3, 0.4) is 0 Å². The van der Waals surface area contributed by atoms with Gasteiger partial charge in [0.25, 0.3) is 0 Å². The Labute approximate surface area is 99.0 Å². The van der Waals surface area contributed by atoms with Crippen molar-refractivity contribution in [2.75, 3.05) is 26.2 Å². The third kappa shape index (κ3) is 1.69. The molecule has 0 amide bonds. The van der Waals surface area contributed by atoms with Crippen LogP contribution >= 0.6 is 0 Å². The van der Waals surface area contributed by atoms with Crippen LogP contribution in [0.15, 0.2) is 0 Å². The zero-order valence-corrected chi connectivity index (χ0v) is 10.5. The molecule has 3 aliphatic rings. The maximum atomic E-state index is 6.13. The fourth-order valence-electron chi connectivity index (χ4n) is 3.82. The van der Waals surface area contributed by atoms with Gasteiger partial charge in [0, 0.05) is 30.7 Å². The van der Waals surface area contributed by atoms with Crippen LogP contribution in [-0.4, -0.2) is 53.6 Å². The van der Waals surface area contributed by atoms with Gasteiger partial charge in [0.2, 0.25) is 0 Å². The largest absolute Gasteiger partial charge is 0.329 e. The molecule has 0 spiro atoms. The highest BCUT2D eigenvalue weighted by Gasteiger charge is 2.49. The summed E-state index contributed by atoms with van der Waals surface area (Å²) in [5.74, 6) is 0. The maximum absolute atomic E-state index is 6.13. The summed E-state index contributed by atoms with van der Waals surface area (Å²) in [6.07, 6.45) is 6.88. The second-order valence-electron chi connectivity index (χ2n) is 6.08. The van der Waals surface area contributed by atoms with Crippen molar-refractivity contribution in [2.24, 2.45) is 5.73 Å². The second-order valence-corrected chi connectivity index (χ2v) is 6.08. The first-order chi connectivity index (χ1) is 7.75. The van der Waals surface area contributed by atoms with Crippen molar-refractivity contribution >= 4 is 0 Å². The molecular weight excluding hydrogens is 198 g/mol. The fourth-order valence-corrected chi connectivity index (χ4v) is 3.82. The third-order valence-corrected chi connectivity index (χ3v) is 4.89. The van der Waals surface area contributed by atoms with Gasteiger partial charge in [-0.2, -0.15) is 0 Å². The van der Waals surface area contributed by atoms with Crippen LogP contribution in [-0.2, 0) is 0 Å². The van der Waals surface area contributed by atoms with Crippen molar-refractivity contribution in [1.29, 1.82) is 0 Å². The van der Waals surface area contributed by atoms with Crippen LogP contribution in [0.5, 0.6) is 0 Å². The van der Waals surface area contributed by atoms with Crippen LogP contribution in [0.1, 0.15) is 39.0 Å². The van der Waals surface area contributed by atoms with Crippen molar-refractivity contribution < 1.29 is 0 Å². The Balaban J connectivity index is 1.75. The molecule has 0 aromatic heterocycles. The number of hydrogen-bond donors (Lipinski definition) is 1. The summed E-state index contributed by atoms with van der Waals surface area (Å²) in [5, 5.41) is 0. The average Bonchev–Trinajstić information content (AvgIpc) is 2.86. The smallest absolute Gasteiger partial charge is 0.0473 e. The van der Waals surface area contributed by atoms with E-state index in [4.69, 9.17) is 5.73 Å². The molecule has 3 heteroatoms. The molecule has 1 saturated carbocycles. The molecule has 3 rings (SSSR count). The van der Waals surface area contributed by atoms with Gasteiger partial charge in [-0.3, -0.25) is 9.80 Å². The lowest BCUT2D eigenvalue weighted by atomic mass is 9.94. The van der Waals surface area contributed by atoms with Gasteiger partial charge in [-0.1, -0.05) is 0 Å². The van der Waals surface area contributed by atoms with Crippen molar-refractivity contribution in [3.63, 3.8) is 0 Å². The van der Waals surface area contributed by atoms with Gasteiger partial charge in [-0.25, -0.2) is 0 Å². The summed E-state index contributed by atoms with van der Waals surface area (Å²) >= 11 is 0. The summed E-state index contributed by atoms with van der Waals surface area (Å²) < 4.78 is 0. The number of nitrogens with two attached hydrogens (primary N) is 1. The van der Waals surface area contributed by atoms with E-state index in [0.29, 0.717) is 5.54 Å². The number of hydrogen-bond acceptors (Lipinski definition) is 3. The first-order valence-electron chi connectivity index (χ1n) is 6.96.